The van der Waals surface area contributed by atoms with Crippen molar-refractivity contribution in [2.45, 2.75) is 58.4 Å². The Kier molecular flexibility index (Phi) is 5.14. The summed E-state index contributed by atoms with van der Waals surface area (Å²) in [5, 5.41) is 9.07. The number of aromatic nitrogens is 2. The fourth-order valence-corrected chi connectivity index (χ4v) is 2.78. The molecule has 0 saturated carbocycles. The minimum atomic E-state index is 0.233. The van der Waals surface area contributed by atoms with Crippen LogP contribution in [0.3, 0.4) is 0 Å². The van der Waals surface area contributed by atoms with Crippen molar-refractivity contribution in [2.24, 2.45) is 0 Å². The third-order valence-corrected chi connectivity index (χ3v) is 3.80. The van der Waals surface area contributed by atoms with Gasteiger partial charge in [-0.15, -0.1) is 0 Å². The van der Waals surface area contributed by atoms with E-state index in [2.05, 4.69) is 28.7 Å². The van der Waals surface area contributed by atoms with Crippen molar-refractivity contribution in [3.63, 3.8) is 0 Å². The van der Waals surface area contributed by atoms with E-state index in [1.807, 2.05) is 0 Å². The summed E-state index contributed by atoms with van der Waals surface area (Å²) < 4.78 is 0. The molecule has 0 bridgehead atoms. The number of rotatable bonds is 5. The molecule has 106 valence electrons. The van der Waals surface area contributed by atoms with E-state index in [0.717, 1.165) is 31.6 Å². The average Bonchev–Trinajstić information content (AvgIpc) is 2.64. The molecule has 0 fully saturated rings. The van der Waals surface area contributed by atoms with E-state index in [-0.39, 0.29) is 6.61 Å². The number of hydrogen-bond acceptors (Lipinski definition) is 4. The first-order chi connectivity index (χ1) is 9.24. The third kappa shape index (κ3) is 3.44. The van der Waals surface area contributed by atoms with Crippen LogP contribution in [0.4, 0.5) is 5.82 Å². The molecule has 0 radical (unpaired) electrons. The maximum atomic E-state index is 9.07. The van der Waals surface area contributed by atoms with Crippen LogP contribution >= 0.6 is 0 Å². The van der Waals surface area contributed by atoms with E-state index in [4.69, 9.17) is 5.11 Å². The molecule has 19 heavy (non-hydrogen) atoms. The minimum Gasteiger partial charge on any atom is -0.396 e. The van der Waals surface area contributed by atoms with Crippen molar-refractivity contribution in [1.29, 1.82) is 0 Å². The second-order valence-electron chi connectivity index (χ2n) is 5.55. The van der Waals surface area contributed by atoms with Crippen molar-refractivity contribution >= 4 is 5.82 Å². The molecular weight excluding hydrogens is 238 g/mol. The van der Waals surface area contributed by atoms with Gasteiger partial charge in [-0.1, -0.05) is 6.42 Å². The van der Waals surface area contributed by atoms with Gasteiger partial charge in [-0.25, -0.2) is 9.97 Å². The number of fused-ring (bicyclic) bond motifs is 1. The summed E-state index contributed by atoms with van der Waals surface area (Å²) >= 11 is 0. The van der Waals surface area contributed by atoms with Gasteiger partial charge in [-0.05, 0) is 46.0 Å². The van der Waals surface area contributed by atoms with Gasteiger partial charge in [0.25, 0.3) is 0 Å². The van der Waals surface area contributed by atoms with Gasteiger partial charge in [0.05, 0.1) is 0 Å². The first-order valence-corrected chi connectivity index (χ1v) is 7.44. The summed E-state index contributed by atoms with van der Waals surface area (Å²) in [6.45, 7) is 5.46. The predicted molar refractivity (Wildman–Crippen MR) is 77.5 cm³/mol. The van der Waals surface area contributed by atoms with Gasteiger partial charge in [0.15, 0.2) is 0 Å². The fourth-order valence-electron chi connectivity index (χ4n) is 2.78. The van der Waals surface area contributed by atoms with Crippen molar-refractivity contribution < 1.29 is 5.11 Å². The van der Waals surface area contributed by atoms with Crippen LogP contribution in [0.5, 0.6) is 0 Å². The lowest BCUT2D eigenvalue weighted by Gasteiger charge is -2.30. The summed E-state index contributed by atoms with van der Waals surface area (Å²) in [6, 6.07) is 0.397. The van der Waals surface area contributed by atoms with E-state index < -0.39 is 0 Å². The van der Waals surface area contributed by atoms with Crippen molar-refractivity contribution in [3.05, 3.63) is 17.6 Å². The molecule has 0 amide bonds. The van der Waals surface area contributed by atoms with Gasteiger partial charge in [0.1, 0.15) is 12.1 Å². The molecule has 0 unspecified atom stereocenters. The Morgan fingerprint density at radius 1 is 1.21 bits per heavy atom. The second kappa shape index (κ2) is 6.85. The first kappa shape index (κ1) is 14.3. The van der Waals surface area contributed by atoms with Crippen molar-refractivity contribution in [1.82, 2.24) is 9.97 Å². The van der Waals surface area contributed by atoms with E-state index in [1.54, 1.807) is 6.33 Å². The lowest BCUT2D eigenvalue weighted by molar-refractivity contribution is 0.288. The molecule has 4 nitrogen and oxygen atoms in total. The van der Waals surface area contributed by atoms with Gasteiger partial charge in [0, 0.05) is 30.5 Å². The monoisotopic (exact) mass is 263 g/mol. The zero-order valence-electron chi connectivity index (χ0n) is 12.1. The number of aliphatic hydroxyl groups excluding tert-OH is 1. The lowest BCUT2D eigenvalue weighted by atomic mass is 10.1. The largest absolute Gasteiger partial charge is 0.396 e. The van der Waals surface area contributed by atoms with Crippen LogP contribution < -0.4 is 4.90 Å². The van der Waals surface area contributed by atoms with Gasteiger partial charge in [0.2, 0.25) is 0 Å². The van der Waals surface area contributed by atoms with Gasteiger partial charge < -0.3 is 10.0 Å². The molecule has 0 spiro atoms. The molecule has 1 aliphatic rings. The smallest absolute Gasteiger partial charge is 0.135 e. The van der Waals surface area contributed by atoms with Crippen LogP contribution in [0.15, 0.2) is 6.33 Å². The molecule has 1 aliphatic carbocycles. The Balaban J connectivity index is 2.31. The molecule has 0 aliphatic heterocycles. The van der Waals surface area contributed by atoms with Gasteiger partial charge in [-0.2, -0.15) is 0 Å². The molecule has 1 aromatic rings. The lowest BCUT2D eigenvalue weighted by Crippen LogP contribution is -2.34. The molecule has 2 rings (SSSR count). The quantitative estimate of drug-likeness (QED) is 0.828. The van der Waals surface area contributed by atoms with E-state index in [0.29, 0.717) is 6.04 Å². The Morgan fingerprint density at radius 2 is 2.00 bits per heavy atom. The van der Waals surface area contributed by atoms with Gasteiger partial charge in [-0.3, -0.25) is 0 Å². The van der Waals surface area contributed by atoms with Crippen LogP contribution in [0.1, 0.15) is 50.8 Å². The topological polar surface area (TPSA) is 49.2 Å². The number of aliphatic hydroxyl groups is 1. The van der Waals surface area contributed by atoms with Crippen LogP contribution in [0, 0.1) is 0 Å². The first-order valence-electron chi connectivity index (χ1n) is 7.44. The summed E-state index contributed by atoms with van der Waals surface area (Å²) in [6.07, 6.45) is 8.42. The van der Waals surface area contributed by atoms with Crippen LogP contribution in [0.2, 0.25) is 0 Å². The summed E-state index contributed by atoms with van der Waals surface area (Å²) in [4.78, 5) is 11.3. The van der Waals surface area contributed by atoms with Crippen molar-refractivity contribution in [3.8, 4) is 0 Å². The number of hydrogen-bond donors (Lipinski definition) is 1. The Labute approximate surface area is 115 Å². The maximum absolute atomic E-state index is 9.07. The molecule has 0 atom stereocenters. The molecule has 1 aromatic heterocycles. The highest BCUT2D eigenvalue weighted by Gasteiger charge is 2.20. The second-order valence-corrected chi connectivity index (χ2v) is 5.55. The van der Waals surface area contributed by atoms with Crippen LogP contribution in [-0.4, -0.2) is 34.3 Å². The normalized spacial score (nSPS) is 15.2. The Bertz CT molecular complexity index is 406. The number of aryl methyl sites for hydroxylation is 1. The molecule has 0 saturated heterocycles. The molecule has 4 heteroatoms. The van der Waals surface area contributed by atoms with E-state index >= 15 is 0 Å². The molecular formula is C15H25N3O. The Morgan fingerprint density at radius 3 is 2.74 bits per heavy atom. The summed E-state index contributed by atoms with van der Waals surface area (Å²) in [7, 11) is 0. The third-order valence-electron chi connectivity index (χ3n) is 3.80. The van der Waals surface area contributed by atoms with E-state index in [9.17, 15) is 0 Å². The number of anilines is 1. The number of nitrogens with zero attached hydrogens (tertiary/aromatic N) is 3. The molecule has 1 N–H and O–H groups in total. The van der Waals surface area contributed by atoms with Crippen LogP contribution in [-0.2, 0) is 12.8 Å². The highest BCUT2D eigenvalue weighted by atomic mass is 16.3. The minimum absolute atomic E-state index is 0.233. The zero-order chi connectivity index (χ0) is 13.7. The van der Waals surface area contributed by atoms with Crippen molar-refractivity contribution in [2.75, 3.05) is 18.1 Å². The maximum Gasteiger partial charge on any atom is 0.135 e. The average molecular weight is 263 g/mol. The van der Waals surface area contributed by atoms with Crippen LogP contribution in [0.25, 0.3) is 0 Å². The molecule has 1 heterocycles. The Hall–Kier alpha value is -1.16. The molecule has 0 aromatic carbocycles. The van der Waals surface area contributed by atoms with E-state index in [1.165, 1.54) is 30.5 Å². The SMILES string of the molecule is CC(C)N(CCCO)c1ncnc2c1CCCCC2. The predicted octanol–water partition coefficient (Wildman–Crippen LogP) is 2.34. The fraction of sp³-hybridized carbons (Fsp3) is 0.733. The standard InChI is InChI=1S/C15H25N3O/c1-12(2)18(9-6-10-19)15-13-7-4-3-5-8-14(13)16-11-17-15/h11-12,19H,3-10H2,1-2H3. The summed E-state index contributed by atoms with van der Waals surface area (Å²) in [5.74, 6) is 1.09. The highest BCUT2D eigenvalue weighted by Crippen LogP contribution is 2.27. The summed E-state index contributed by atoms with van der Waals surface area (Å²) in [5.41, 5.74) is 2.57. The highest BCUT2D eigenvalue weighted by molar-refractivity contribution is 5.49. The zero-order valence-corrected chi connectivity index (χ0v) is 12.1. The van der Waals surface area contributed by atoms with Gasteiger partial charge >= 0.3 is 0 Å².